The van der Waals surface area contributed by atoms with Crippen molar-refractivity contribution in [3.8, 4) is 11.5 Å². The first-order valence-corrected chi connectivity index (χ1v) is 10.2. The van der Waals surface area contributed by atoms with E-state index in [4.69, 9.17) is 9.47 Å². The van der Waals surface area contributed by atoms with Gasteiger partial charge in [-0.1, -0.05) is 26.0 Å². The summed E-state index contributed by atoms with van der Waals surface area (Å²) >= 11 is 1.43. The average molecular weight is 412 g/mol. The lowest BCUT2D eigenvalue weighted by atomic mass is 10.0. The highest BCUT2D eigenvalue weighted by atomic mass is 32.1. The minimum absolute atomic E-state index is 0.0990. The minimum Gasteiger partial charge on any atom is -0.497 e. The van der Waals surface area contributed by atoms with Gasteiger partial charge < -0.3 is 20.1 Å². The van der Waals surface area contributed by atoms with E-state index in [1.54, 1.807) is 14.2 Å². The van der Waals surface area contributed by atoms with Gasteiger partial charge in [0.15, 0.2) is 5.13 Å². The summed E-state index contributed by atoms with van der Waals surface area (Å²) in [6, 6.07) is 13.4. The van der Waals surface area contributed by atoms with Crippen molar-refractivity contribution in [3.05, 3.63) is 59.1 Å². The van der Waals surface area contributed by atoms with Crippen LogP contribution in [0, 0.1) is 0 Å². The Bertz CT molecular complexity index is 968. The van der Waals surface area contributed by atoms with Crippen LogP contribution in [0.3, 0.4) is 0 Å². The zero-order valence-electron chi connectivity index (χ0n) is 17.0. The second-order valence-corrected chi connectivity index (χ2v) is 7.69. The summed E-state index contributed by atoms with van der Waals surface area (Å²) in [6.07, 6.45) is 0.208. The van der Waals surface area contributed by atoms with Crippen molar-refractivity contribution < 1.29 is 14.3 Å². The molecule has 2 N–H and O–H groups in total. The van der Waals surface area contributed by atoms with E-state index in [0.29, 0.717) is 28.2 Å². The SMILES string of the molecule is COc1ccc(OC)c(Nc2nc(CC(=O)Nc3ccc(C(C)C)cc3)cs2)c1. The lowest BCUT2D eigenvalue weighted by Crippen LogP contribution is -2.14. The molecule has 3 rings (SSSR count). The number of methoxy groups -OCH3 is 2. The second-order valence-electron chi connectivity index (χ2n) is 6.84. The van der Waals surface area contributed by atoms with Crippen molar-refractivity contribution >= 4 is 33.8 Å². The second kappa shape index (κ2) is 9.43. The molecule has 1 aromatic heterocycles. The van der Waals surface area contributed by atoms with Gasteiger partial charge in [0.05, 0.1) is 32.0 Å². The van der Waals surface area contributed by atoms with Crippen LogP contribution in [-0.4, -0.2) is 25.1 Å². The average Bonchev–Trinajstić information content (AvgIpc) is 3.14. The van der Waals surface area contributed by atoms with Crippen LogP contribution in [0.4, 0.5) is 16.5 Å². The predicted molar refractivity (Wildman–Crippen MR) is 118 cm³/mol. The zero-order valence-corrected chi connectivity index (χ0v) is 17.8. The fraction of sp³-hybridized carbons (Fsp3) is 0.273. The van der Waals surface area contributed by atoms with Crippen molar-refractivity contribution in [1.29, 1.82) is 0 Å². The molecule has 0 aliphatic heterocycles. The molecule has 2 aromatic carbocycles. The maximum Gasteiger partial charge on any atom is 0.230 e. The number of nitrogens with one attached hydrogen (secondary N) is 2. The summed E-state index contributed by atoms with van der Waals surface area (Å²) in [5.41, 5.74) is 3.48. The molecule has 0 radical (unpaired) electrons. The van der Waals surface area contributed by atoms with Gasteiger partial charge in [-0.3, -0.25) is 4.79 Å². The van der Waals surface area contributed by atoms with Crippen molar-refractivity contribution in [2.75, 3.05) is 24.9 Å². The van der Waals surface area contributed by atoms with E-state index in [2.05, 4.69) is 29.5 Å². The standard InChI is InChI=1S/C22H25N3O3S/c1-14(2)15-5-7-16(8-6-15)23-21(26)11-17-13-29-22(24-17)25-19-12-18(27-3)9-10-20(19)28-4/h5-10,12-14H,11H2,1-4H3,(H,23,26)(H,24,25). The smallest absolute Gasteiger partial charge is 0.230 e. The Kier molecular flexibility index (Phi) is 6.72. The van der Waals surface area contributed by atoms with Gasteiger partial charge in [0, 0.05) is 17.1 Å². The normalized spacial score (nSPS) is 10.7. The summed E-state index contributed by atoms with van der Waals surface area (Å²) in [5.74, 6) is 1.76. The zero-order chi connectivity index (χ0) is 20.8. The van der Waals surface area contributed by atoms with Gasteiger partial charge in [-0.25, -0.2) is 4.98 Å². The van der Waals surface area contributed by atoms with E-state index >= 15 is 0 Å². The maximum absolute atomic E-state index is 12.3. The molecule has 0 saturated carbocycles. The van der Waals surface area contributed by atoms with Crippen LogP contribution in [0.15, 0.2) is 47.8 Å². The molecule has 1 heterocycles. The molecule has 0 unspecified atom stereocenters. The Labute approximate surface area is 174 Å². The molecular formula is C22H25N3O3S. The largest absolute Gasteiger partial charge is 0.497 e. The highest BCUT2D eigenvalue weighted by Gasteiger charge is 2.11. The summed E-state index contributed by atoms with van der Waals surface area (Å²) < 4.78 is 10.6. The van der Waals surface area contributed by atoms with Gasteiger partial charge in [-0.2, -0.15) is 0 Å². The molecule has 0 atom stereocenters. The third-order valence-corrected chi connectivity index (χ3v) is 5.21. The highest BCUT2D eigenvalue weighted by molar-refractivity contribution is 7.13. The number of rotatable bonds is 8. The summed E-state index contributed by atoms with van der Waals surface area (Å²) in [7, 11) is 3.22. The molecule has 0 spiro atoms. The Balaban J connectivity index is 1.62. The van der Waals surface area contributed by atoms with Gasteiger partial charge >= 0.3 is 0 Å². The van der Waals surface area contributed by atoms with Gasteiger partial charge in [0.25, 0.3) is 0 Å². The molecule has 0 saturated heterocycles. The monoisotopic (exact) mass is 411 g/mol. The number of hydrogen-bond donors (Lipinski definition) is 2. The van der Waals surface area contributed by atoms with Crippen LogP contribution in [0.2, 0.25) is 0 Å². The van der Waals surface area contributed by atoms with E-state index in [9.17, 15) is 4.79 Å². The van der Waals surface area contributed by atoms with Crippen LogP contribution in [0.25, 0.3) is 0 Å². The van der Waals surface area contributed by atoms with E-state index < -0.39 is 0 Å². The number of hydrogen-bond acceptors (Lipinski definition) is 6. The number of benzene rings is 2. The number of nitrogens with zero attached hydrogens (tertiary/aromatic N) is 1. The molecule has 0 aliphatic rings. The van der Waals surface area contributed by atoms with Crippen LogP contribution in [-0.2, 0) is 11.2 Å². The Morgan fingerprint density at radius 1 is 1.10 bits per heavy atom. The van der Waals surface area contributed by atoms with Crippen LogP contribution < -0.4 is 20.1 Å². The third kappa shape index (κ3) is 5.48. The first-order valence-electron chi connectivity index (χ1n) is 9.31. The van der Waals surface area contributed by atoms with E-state index in [1.807, 2.05) is 47.8 Å². The van der Waals surface area contributed by atoms with Crippen LogP contribution in [0.1, 0.15) is 31.0 Å². The molecular weight excluding hydrogens is 386 g/mol. The van der Waals surface area contributed by atoms with Crippen molar-refractivity contribution in [1.82, 2.24) is 4.98 Å². The topological polar surface area (TPSA) is 72.5 Å². The lowest BCUT2D eigenvalue weighted by Gasteiger charge is -2.10. The molecule has 1 amide bonds. The number of thiazole rings is 1. The van der Waals surface area contributed by atoms with Crippen LogP contribution in [0.5, 0.6) is 11.5 Å². The van der Waals surface area contributed by atoms with Crippen molar-refractivity contribution in [2.45, 2.75) is 26.2 Å². The number of aromatic nitrogens is 1. The predicted octanol–water partition coefficient (Wildman–Crippen LogP) is 5.21. The summed E-state index contributed by atoms with van der Waals surface area (Å²) in [4.78, 5) is 16.9. The quantitative estimate of drug-likeness (QED) is 0.532. The van der Waals surface area contributed by atoms with Gasteiger partial charge in [0.1, 0.15) is 11.5 Å². The molecule has 0 aliphatic carbocycles. The Hall–Kier alpha value is -3.06. The number of anilines is 3. The Morgan fingerprint density at radius 2 is 1.86 bits per heavy atom. The maximum atomic E-state index is 12.3. The highest BCUT2D eigenvalue weighted by Crippen LogP contribution is 2.32. The van der Waals surface area contributed by atoms with Gasteiger partial charge in [-0.05, 0) is 35.7 Å². The Morgan fingerprint density at radius 3 is 2.52 bits per heavy atom. The van der Waals surface area contributed by atoms with E-state index in [0.717, 1.165) is 11.4 Å². The molecule has 152 valence electrons. The first-order chi connectivity index (χ1) is 14.0. The van der Waals surface area contributed by atoms with Crippen molar-refractivity contribution in [2.24, 2.45) is 0 Å². The first kappa shape index (κ1) is 20.7. The van der Waals surface area contributed by atoms with Crippen LogP contribution >= 0.6 is 11.3 Å². The van der Waals surface area contributed by atoms with Gasteiger partial charge in [-0.15, -0.1) is 11.3 Å². The molecule has 0 fully saturated rings. The summed E-state index contributed by atoms with van der Waals surface area (Å²) in [5, 5.41) is 8.70. The third-order valence-electron chi connectivity index (χ3n) is 4.40. The van der Waals surface area contributed by atoms with Crippen molar-refractivity contribution in [3.63, 3.8) is 0 Å². The number of carbonyl (C=O) groups excluding carboxylic acids is 1. The molecule has 3 aromatic rings. The number of amides is 1. The van der Waals surface area contributed by atoms with Gasteiger partial charge in [0.2, 0.25) is 5.91 Å². The van der Waals surface area contributed by atoms with E-state index in [1.165, 1.54) is 16.9 Å². The lowest BCUT2D eigenvalue weighted by molar-refractivity contribution is -0.115. The minimum atomic E-state index is -0.0990. The fourth-order valence-corrected chi connectivity index (χ4v) is 3.52. The number of ether oxygens (including phenoxy) is 2. The molecule has 6 nitrogen and oxygen atoms in total. The van der Waals surface area contributed by atoms with E-state index in [-0.39, 0.29) is 12.3 Å². The molecule has 0 bridgehead atoms. The summed E-state index contributed by atoms with van der Waals surface area (Å²) in [6.45, 7) is 4.28. The molecule has 7 heteroatoms. The fourth-order valence-electron chi connectivity index (χ4n) is 2.79. The molecule has 29 heavy (non-hydrogen) atoms. The number of carbonyl (C=O) groups is 1.